The number of hydrogen-bond donors (Lipinski definition) is 1. The second-order valence-electron chi connectivity index (χ2n) is 8.10. The lowest BCUT2D eigenvalue weighted by Crippen LogP contribution is -2.47. The molecule has 0 bridgehead atoms. The van der Waals surface area contributed by atoms with E-state index in [1.807, 2.05) is 78.9 Å². The standard InChI is InChI=1S/C28H32N2O4/c1-21(28(32)29-19-23-9-14-25(33-2)15-10-23)30(20-24-11-16-26(34-3)17-12-24)27(31)18-13-22-7-5-4-6-8-22/h4-12,14-17,21H,13,18-20H2,1-3H3,(H,29,32). The van der Waals surface area contributed by atoms with E-state index < -0.39 is 6.04 Å². The lowest BCUT2D eigenvalue weighted by atomic mass is 10.1. The van der Waals surface area contributed by atoms with Crippen LogP contribution in [0.3, 0.4) is 0 Å². The van der Waals surface area contributed by atoms with Crippen LogP contribution in [-0.2, 0) is 29.1 Å². The predicted molar refractivity (Wildman–Crippen MR) is 133 cm³/mol. The Kier molecular flexibility index (Phi) is 9.09. The average molecular weight is 461 g/mol. The largest absolute Gasteiger partial charge is 0.497 e. The van der Waals surface area contributed by atoms with Crippen molar-refractivity contribution in [3.8, 4) is 11.5 Å². The molecule has 3 aromatic carbocycles. The summed E-state index contributed by atoms with van der Waals surface area (Å²) >= 11 is 0. The van der Waals surface area contributed by atoms with Crippen molar-refractivity contribution in [3.63, 3.8) is 0 Å². The van der Waals surface area contributed by atoms with Crippen molar-refractivity contribution >= 4 is 11.8 Å². The van der Waals surface area contributed by atoms with Crippen LogP contribution in [0.5, 0.6) is 11.5 Å². The smallest absolute Gasteiger partial charge is 0.242 e. The van der Waals surface area contributed by atoms with Gasteiger partial charge in [-0.1, -0.05) is 54.6 Å². The summed E-state index contributed by atoms with van der Waals surface area (Å²) in [4.78, 5) is 27.9. The van der Waals surface area contributed by atoms with Crippen molar-refractivity contribution in [2.24, 2.45) is 0 Å². The molecule has 1 unspecified atom stereocenters. The van der Waals surface area contributed by atoms with Crippen LogP contribution in [0, 0.1) is 0 Å². The van der Waals surface area contributed by atoms with Gasteiger partial charge in [0.2, 0.25) is 11.8 Å². The van der Waals surface area contributed by atoms with Crippen molar-refractivity contribution < 1.29 is 19.1 Å². The fourth-order valence-electron chi connectivity index (χ4n) is 3.63. The molecule has 0 aliphatic carbocycles. The Morgan fingerprint density at radius 2 is 1.35 bits per heavy atom. The molecule has 2 amide bonds. The van der Waals surface area contributed by atoms with Gasteiger partial charge in [-0.15, -0.1) is 0 Å². The molecule has 3 aromatic rings. The zero-order valence-corrected chi connectivity index (χ0v) is 20.0. The van der Waals surface area contributed by atoms with E-state index >= 15 is 0 Å². The highest BCUT2D eigenvalue weighted by molar-refractivity contribution is 5.87. The second-order valence-corrected chi connectivity index (χ2v) is 8.10. The van der Waals surface area contributed by atoms with Crippen molar-refractivity contribution in [2.45, 2.75) is 38.9 Å². The number of ether oxygens (including phenoxy) is 2. The van der Waals surface area contributed by atoms with Gasteiger partial charge in [0.25, 0.3) is 0 Å². The second kappa shape index (κ2) is 12.4. The molecule has 0 saturated carbocycles. The molecule has 0 saturated heterocycles. The Bertz CT molecular complexity index is 1050. The maximum absolute atomic E-state index is 13.2. The fraction of sp³-hybridized carbons (Fsp3) is 0.286. The van der Waals surface area contributed by atoms with E-state index in [9.17, 15) is 9.59 Å². The molecule has 0 radical (unpaired) electrons. The SMILES string of the molecule is COc1ccc(CNC(=O)C(C)N(Cc2ccc(OC)cc2)C(=O)CCc2ccccc2)cc1. The van der Waals surface area contributed by atoms with E-state index in [1.165, 1.54) is 0 Å². The zero-order chi connectivity index (χ0) is 24.3. The van der Waals surface area contributed by atoms with E-state index in [2.05, 4.69) is 5.32 Å². The Balaban J connectivity index is 1.68. The number of nitrogens with one attached hydrogen (secondary N) is 1. The number of amides is 2. The number of hydrogen-bond acceptors (Lipinski definition) is 4. The molecule has 0 heterocycles. The monoisotopic (exact) mass is 460 g/mol. The molecule has 6 nitrogen and oxygen atoms in total. The van der Waals surface area contributed by atoms with Gasteiger partial charge in [-0.25, -0.2) is 0 Å². The third-order valence-corrected chi connectivity index (χ3v) is 5.78. The third-order valence-electron chi connectivity index (χ3n) is 5.78. The molecular formula is C28H32N2O4. The number of aryl methyl sites for hydroxylation is 1. The van der Waals surface area contributed by atoms with Gasteiger partial charge in [-0.3, -0.25) is 9.59 Å². The van der Waals surface area contributed by atoms with Crippen LogP contribution in [0.1, 0.15) is 30.0 Å². The van der Waals surface area contributed by atoms with E-state index in [-0.39, 0.29) is 11.8 Å². The number of carbonyl (C=O) groups excluding carboxylic acids is 2. The molecule has 0 spiro atoms. The number of nitrogens with zero attached hydrogens (tertiary/aromatic N) is 1. The molecule has 3 rings (SSSR count). The summed E-state index contributed by atoms with van der Waals surface area (Å²) in [5.74, 6) is 1.25. The minimum absolute atomic E-state index is 0.0632. The van der Waals surface area contributed by atoms with Crippen molar-refractivity contribution in [3.05, 3.63) is 95.6 Å². The highest BCUT2D eigenvalue weighted by Gasteiger charge is 2.26. The number of methoxy groups -OCH3 is 2. The maximum Gasteiger partial charge on any atom is 0.242 e. The van der Waals surface area contributed by atoms with E-state index in [0.717, 1.165) is 28.2 Å². The first-order valence-electron chi connectivity index (χ1n) is 11.4. The summed E-state index contributed by atoms with van der Waals surface area (Å²) in [6.45, 7) is 2.49. The Hall–Kier alpha value is -3.80. The Morgan fingerprint density at radius 1 is 0.794 bits per heavy atom. The van der Waals surface area contributed by atoms with Gasteiger partial charge in [-0.2, -0.15) is 0 Å². The third kappa shape index (κ3) is 7.10. The lowest BCUT2D eigenvalue weighted by Gasteiger charge is -2.29. The zero-order valence-electron chi connectivity index (χ0n) is 20.0. The molecule has 6 heteroatoms. The van der Waals surface area contributed by atoms with Gasteiger partial charge >= 0.3 is 0 Å². The molecule has 34 heavy (non-hydrogen) atoms. The Labute approximate surface area is 201 Å². The average Bonchev–Trinajstić information content (AvgIpc) is 2.89. The molecule has 1 N–H and O–H groups in total. The molecule has 1 atom stereocenters. The van der Waals surface area contributed by atoms with Crippen molar-refractivity contribution in [1.82, 2.24) is 10.2 Å². The summed E-state index contributed by atoms with van der Waals surface area (Å²) in [5.41, 5.74) is 2.99. The van der Waals surface area contributed by atoms with Crippen LogP contribution >= 0.6 is 0 Å². The first-order chi connectivity index (χ1) is 16.5. The van der Waals surface area contributed by atoms with Crippen LogP contribution in [0.25, 0.3) is 0 Å². The molecule has 0 aliphatic rings. The van der Waals surface area contributed by atoms with E-state index in [4.69, 9.17) is 9.47 Å². The summed E-state index contributed by atoms with van der Waals surface area (Å²) < 4.78 is 10.4. The van der Waals surface area contributed by atoms with Crippen LogP contribution in [0.15, 0.2) is 78.9 Å². The highest BCUT2D eigenvalue weighted by Crippen LogP contribution is 2.17. The maximum atomic E-state index is 13.2. The molecule has 178 valence electrons. The number of benzene rings is 3. The van der Waals surface area contributed by atoms with Gasteiger partial charge in [0, 0.05) is 19.5 Å². The van der Waals surface area contributed by atoms with E-state index in [1.54, 1.807) is 26.0 Å². The van der Waals surface area contributed by atoms with Gasteiger partial charge in [0.15, 0.2) is 0 Å². The first kappa shape index (κ1) is 24.8. The molecule has 0 fully saturated rings. The minimum atomic E-state index is -0.622. The van der Waals surface area contributed by atoms with Crippen molar-refractivity contribution in [2.75, 3.05) is 14.2 Å². The molecule has 0 aliphatic heterocycles. The van der Waals surface area contributed by atoms with Crippen LogP contribution in [0.4, 0.5) is 0 Å². The minimum Gasteiger partial charge on any atom is -0.497 e. The summed E-state index contributed by atoms with van der Waals surface area (Å²) in [6, 6.07) is 24.3. The predicted octanol–water partition coefficient (Wildman–Crippen LogP) is 4.37. The van der Waals surface area contributed by atoms with Crippen LogP contribution < -0.4 is 14.8 Å². The topological polar surface area (TPSA) is 67.9 Å². The number of carbonyl (C=O) groups is 2. The highest BCUT2D eigenvalue weighted by atomic mass is 16.5. The van der Waals surface area contributed by atoms with Crippen LogP contribution in [0.2, 0.25) is 0 Å². The molecule has 0 aromatic heterocycles. The number of rotatable bonds is 11. The normalized spacial score (nSPS) is 11.4. The molecular weight excluding hydrogens is 428 g/mol. The fourth-order valence-corrected chi connectivity index (χ4v) is 3.63. The van der Waals surface area contributed by atoms with Gasteiger partial charge in [-0.05, 0) is 54.3 Å². The first-order valence-corrected chi connectivity index (χ1v) is 11.4. The summed E-state index contributed by atoms with van der Waals surface area (Å²) in [5, 5.41) is 2.96. The van der Waals surface area contributed by atoms with E-state index in [0.29, 0.717) is 25.9 Å². The summed E-state index contributed by atoms with van der Waals surface area (Å²) in [7, 11) is 3.23. The van der Waals surface area contributed by atoms with Gasteiger partial charge in [0.05, 0.1) is 14.2 Å². The Morgan fingerprint density at radius 3 is 1.91 bits per heavy atom. The van der Waals surface area contributed by atoms with Gasteiger partial charge in [0.1, 0.15) is 17.5 Å². The lowest BCUT2D eigenvalue weighted by molar-refractivity contribution is -0.140. The van der Waals surface area contributed by atoms with Gasteiger partial charge < -0.3 is 19.7 Å². The van der Waals surface area contributed by atoms with Crippen LogP contribution in [-0.4, -0.2) is 37.0 Å². The quantitative estimate of drug-likeness (QED) is 0.461. The summed E-state index contributed by atoms with van der Waals surface area (Å²) in [6.07, 6.45) is 0.954. The van der Waals surface area contributed by atoms with Crippen molar-refractivity contribution in [1.29, 1.82) is 0 Å².